The van der Waals surface area contributed by atoms with Crippen LogP contribution in [0.2, 0.25) is 5.02 Å². The lowest BCUT2D eigenvalue weighted by Gasteiger charge is -2.18. The summed E-state index contributed by atoms with van der Waals surface area (Å²) in [6.07, 6.45) is 3.09. The largest absolute Gasteiger partial charge is 0.289 e. The molecule has 0 aromatic heterocycles. The average Bonchev–Trinajstić information content (AvgIpc) is 2.52. The van der Waals surface area contributed by atoms with Gasteiger partial charge in [-0.2, -0.15) is 0 Å². The lowest BCUT2D eigenvalue weighted by Crippen LogP contribution is -2.10. The Labute approximate surface area is 145 Å². The maximum absolute atomic E-state index is 12.2. The highest BCUT2D eigenvalue weighted by atomic mass is 35.5. The summed E-state index contributed by atoms with van der Waals surface area (Å²) < 4.78 is 0. The molecule has 0 spiro atoms. The average molecular weight is 344 g/mol. The van der Waals surface area contributed by atoms with Gasteiger partial charge >= 0.3 is 0 Å². The minimum atomic E-state index is -0.603. The first-order valence-corrected chi connectivity index (χ1v) is 7.83. The standard InChI is InChI=1S/C19H18ClNO3/c1-19(2,3)15-8-4-13(5-9-15)6-11-18(22)14-7-10-16(20)17(12-14)21(23)24/h4-12H,1-3H3. The molecule has 0 bridgehead atoms. The molecule has 0 saturated carbocycles. The van der Waals surface area contributed by atoms with E-state index in [-0.39, 0.29) is 27.5 Å². The lowest BCUT2D eigenvalue weighted by molar-refractivity contribution is -0.384. The summed E-state index contributed by atoms with van der Waals surface area (Å²) in [5, 5.41) is 10.9. The number of halogens is 1. The van der Waals surface area contributed by atoms with Gasteiger partial charge in [-0.3, -0.25) is 14.9 Å². The van der Waals surface area contributed by atoms with Crippen LogP contribution in [0.1, 0.15) is 42.3 Å². The van der Waals surface area contributed by atoms with Gasteiger partial charge < -0.3 is 0 Å². The van der Waals surface area contributed by atoms with Gasteiger partial charge in [-0.1, -0.05) is 62.7 Å². The number of rotatable bonds is 4. The van der Waals surface area contributed by atoms with Crippen molar-refractivity contribution < 1.29 is 9.72 Å². The second-order valence-electron chi connectivity index (χ2n) is 6.49. The summed E-state index contributed by atoms with van der Waals surface area (Å²) in [7, 11) is 0. The number of nitrogens with zero attached hydrogens (tertiary/aromatic N) is 1. The lowest BCUT2D eigenvalue weighted by atomic mass is 9.87. The zero-order chi connectivity index (χ0) is 17.9. The van der Waals surface area contributed by atoms with Crippen LogP contribution in [0.4, 0.5) is 5.69 Å². The number of carbonyl (C=O) groups is 1. The molecular weight excluding hydrogens is 326 g/mol. The molecule has 24 heavy (non-hydrogen) atoms. The number of hydrogen-bond acceptors (Lipinski definition) is 3. The van der Waals surface area contributed by atoms with Gasteiger partial charge in [0.1, 0.15) is 5.02 Å². The van der Waals surface area contributed by atoms with E-state index in [4.69, 9.17) is 11.6 Å². The summed E-state index contributed by atoms with van der Waals surface area (Å²) in [6.45, 7) is 6.40. The van der Waals surface area contributed by atoms with Crippen molar-refractivity contribution >= 4 is 29.1 Å². The van der Waals surface area contributed by atoms with Gasteiger partial charge in [0.25, 0.3) is 5.69 Å². The third kappa shape index (κ3) is 4.30. The number of ketones is 1. The zero-order valence-electron chi connectivity index (χ0n) is 13.7. The van der Waals surface area contributed by atoms with E-state index in [0.29, 0.717) is 0 Å². The van der Waals surface area contributed by atoms with Crippen LogP contribution in [0.25, 0.3) is 6.08 Å². The van der Waals surface area contributed by atoms with Gasteiger partial charge in [0.05, 0.1) is 4.92 Å². The van der Waals surface area contributed by atoms with Crippen LogP contribution in [0, 0.1) is 10.1 Å². The van der Waals surface area contributed by atoms with Crippen molar-refractivity contribution in [2.45, 2.75) is 26.2 Å². The quantitative estimate of drug-likeness (QED) is 0.321. The highest BCUT2D eigenvalue weighted by Gasteiger charge is 2.15. The molecule has 0 aliphatic heterocycles. The van der Waals surface area contributed by atoms with Crippen LogP contribution < -0.4 is 0 Å². The van der Waals surface area contributed by atoms with Crippen LogP contribution in [0.15, 0.2) is 48.5 Å². The SMILES string of the molecule is CC(C)(C)c1ccc(C=CC(=O)c2ccc(Cl)c([N+](=O)[O-])c2)cc1. The van der Waals surface area contributed by atoms with Crippen molar-refractivity contribution in [3.8, 4) is 0 Å². The molecule has 0 fully saturated rings. The Hall–Kier alpha value is -2.46. The van der Waals surface area contributed by atoms with Crippen LogP contribution in [-0.2, 0) is 5.41 Å². The van der Waals surface area contributed by atoms with Gasteiger partial charge in [-0.05, 0) is 34.8 Å². The van der Waals surface area contributed by atoms with Crippen molar-refractivity contribution in [3.05, 3.63) is 80.4 Å². The Bertz CT molecular complexity index is 802. The topological polar surface area (TPSA) is 60.2 Å². The van der Waals surface area contributed by atoms with Crippen LogP contribution in [0.3, 0.4) is 0 Å². The maximum atomic E-state index is 12.2. The normalized spacial score (nSPS) is 11.7. The smallest absolute Gasteiger partial charge is 0.288 e. The Balaban J connectivity index is 2.19. The molecule has 0 N–H and O–H groups in total. The van der Waals surface area contributed by atoms with E-state index in [2.05, 4.69) is 20.8 Å². The fraction of sp³-hybridized carbons (Fsp3) is 0.211. The fourth-order valence-electron chi connectivity index (χ4n) is 2.17. The van der Waals surface area contributed by atoms with E-state index in [0.717, 1.165) is 5.56 Å². The molecule has 0 atom stereocenters. The molecule has 2 aromatic rings. The first-order chi connectivity index (χ1) is 11.2. The van der Waals surface area contributed by atoms with Crippen molar-refractivity contribution in [2.24, 2.45) is 0 Å². The highest BCUT2D eigenvalue weighted by molar-refractivity contribution is 6.32. The molecule has 2 aromatic carbocycles. The molecule has 0 heterocycles. The van der Waals surface area contributed by atoms with Crippen molar-refractivity contribution in [3.63, 3.8) is 0 Å². The van der Waals surface area contributed by atoms with Gasteiger partial charge in [-0.25, -0.2) is 0 Å². The molecule has 124 valence electrons. The minimum absolute atomic E-state index is 0.0123. The fourth-order valence-corrected chi connectivity index (χ4v) is 2.35. The Morgan fingerprint density at radius 1 is 1.12 bits per heavy atom. The Morgan fingerprint density at radius 3 is 2.29 bits per heavy atom. The third-order valence-electron chi connectivity index (χ3n) is 3.63. The monoisotopic (exact) mass is 343 g/mol. The van der Waals surface area contributed by atoms with E-state index >= 15 is 0 Å². The van der Waals surface area contributed by atoms with Crippen molar-refractivity contribution in [1.29, 1.82) is 0 Å². The number of benzene rings is 2. The molecule has 0 radical (unpaired) electrons. The van der Waals surface area contributed by atoms with Gasteiger partial charge in [-0.15, -0.1) is 0 Å². The van der Waals surface area contributed by atoms with Crippen LogP contribution >= 0.6 is 11.6 Å². The Morgan fingerprint density at radius 2 is 1.75 bits per heavy atom. The van der Waals surface area contributed by atoms with Crippen LogP contribution in [0.5, 0.6) is 0 Å². The first kappa shape index (κ1) is 17.9. The molecule has 5 heteroatoms. The summed E-state index contributed by atoms with van der Waals surface area (Å²) >= 11 is 5.75. The van der Waals surface area contributed by atoms with Crippen LogP contribution in [-0.4, -0.2) is 10.7 Å². The molecule has 4 nitrogen and oxygen atoms in total. The first-order valence-electron chi connectivity index (χ1n) is 7.45. The predicted molar refractivity (Wildman–Crippen MR) is 96.6 cm³/mol. The van der Waals surface area contributed by atoms with Crippen molar-refractivity contribution in [1.82, 2.24) is 0 Å². The number of allylic oxidation sites excluding steroid dienone is 1. The molecule has 0 unspecified atom stereocenters. The molecule has 0 amide bonds. The number of nitro benzene ring substituents is 1. The van der Waals surface area contributed by atoms with E-state index in [1.165, 1.54) is 29.8 Å². The number of carbonyl (C=O) groups excluding carboxylic acids is 1. The molecule has 0 aliphatic rings. The minimum Gasteiger partial charge on any atom is -0.289 e. The molecule has 0 saturated heterocycles. The number of nitro groups is 1. The van der Waals surface area contributed by atoms with E-state index in [9.17, 15) is 14.9 Å². The molecule has 2 rings (SSSR count). The van der Waals surface area contributed by atoms with Gasteiger partial charge in [0.15, 0.2) is 5.78 Å². The summed E-state index contributed by atoms with van der Waals surface area (Å²) in [5.74, 6) is -0.310. The van der Waals surface area contributed by atoms with Gasteiger partial charge in [0.2, 0.25) is 0 Å². The summed E-state index contributed by atoms with van der Waals surface area (Å²) in [6, 6.07) is 12.0. The molecular formula is C19H18ClNO3. The van der Waals surface area contributed by atoms with E-state index in [1.807, 2.05) is 24.3 Å². The highest BCUT2D eigenvalue weighted by Crippen LogP contribution is 2.26. The third-order valence-corrected chi connectivity index (χ3v) is 3.95. The molecule has 0 aliphatic carbocycles. The predicted octanol–water partition coefficient (Wildman–Crippen LogP) is 5.44. The van der Waals surface area contributed by atoms with Gasteiger partial charge in [0, 0.05) is 11.6 Å². The maximum Gasteiger partial charge on any atom is 0.288 e. The van der Waals surface area contributed by atoms with E-state index < -0.39 is 4.92 Å². The van der Waals surface area contributed by atoms with Crippen molar-refractivity contribution in [2.75, 3.05) is 0 Å². The second kappa shape index (κ2) is 6.97. The second-order valence-corrected chi connectivity index (χ2v) is 6.90. The zero-order valence-corrected chi connectivity index (χ0v) is 14.5. The number of hydrogen-bond donors (Lipinski definition) is 0. The summed E-state index contributed by atoms with van der Waals surface area (Å²) in [5.41, 5.74) is 2.12. The summed E-state index contributed by atoms with van der Waals surface area (Å²) in [4.78, 5) is 22.5. The van der Waals surface area contributed by atoms with E-state index in [1.54, 1.807) is 6.08 Å². The Kier molecular flexibility index (Phi) is 5.20.